The number of rotatable bonds is 5. The molecule has 90 valence electrons. The summed E-state index contributed by atoms with van der Waals surface area (Å²) in [4.78, 5) is 1.45. The summed E-state index contributed by atoms with van der Waals surface area (Å²) in [6, 6.07) is 13.5. The van der Waals surface area contributed by atoms with E-state index < -0.39 is 0 Å². The molecule has 0 aliphatic rings. The molecule has 0 spiro atoms. The highest BCUT2D eigenvalue weighted by atomic mass is 32.1. The molecule has 0 saturated carbocycles. The molecule has 0 aliphatic heterocycles. The number of hydrogen-bond acceptors (Lipinski definition) is 2. The van der Waals surface area contributed by atoms with Crippen LogP contribution in [0, 0.1) is 6.92 Å². The van der Waals surface area contributed by atoms with Crippen LogP contribution < -0.4 is 5.32 Å². The maximum absolute atomic E-state index is 3.56. The molecule has 0 fully saturated rings. The van der Waals surface area contributed by atoms with Gasteiger partial charge in [0.25, 0.3) is 0 Å². The highest BCUT2D eigenvalue weighted by Gasteiger charge is 2.03. The fourth-order valence-corrected chi connectivity index (χ4v) is 2.55. The summed E-state index contributed by atoms with van der Waals surface area (Å²) in [6.07, 6.45) is 1.12. The molecule has 2 heteroatoms. The van der Waals surface area contributed by atoms with E-state index in [-0.39, 0.29) is 0 Å². The monoisotopic (exact) mass is 245 g/mol. The Kier molecular flexibility index (Phi) is 4.35. The Morgan fingerprint density at radius 3 is 2.59 bits per heavy atom. The first-order chi connectivity index (χ1) is 8.25. The van der Waals surface area contributed by atoms with Gasteiger partial charge in [-0.05, 0) is 37.3 Å². The summed E-state index contributed by atoms with van der Waals surface area (Å²) < 4.78 is 0. The molecule has 1 aromatic carbocycles. The molecule has 0 unspecified atom stereocenters. The highest BCUT2D eigenvalue weighted by molar-refractivity contribution is 7.09. The summed E-state index contributed by atoms with van der Waals surface area (Å²) in [5.41, 5.74) is 2.68. The van der Waals surface area contributed by atoms with Gasteiger partial charge in [0, 0.05) is 17.5 Å². The van der Waals surface area contributed by atoms with Crippen LogP contribution in [0.3, 0.4) is 0 Å². The number of nitrogens with one attached hydrogen (secondary N) is 1. The van der Waals surface area contributed by atoms with Crippen LogP contribution in [-0.2, 0) is 6.42 Å². The third-order valence-corrected chi connectivity index (χ3v) is 3.92. The standard InChI is InChI=1S/C15H19NS/c1-12-5-7-14(8-6-12)13(2)16-10-9-15-4-3-11-17-15/h3-8,11,13,16H,9-10H2,1-2H3/t13-/m0/s1. The van der Waals surface area contributed by atoms with Crippen molar-refractivity contribution >= 4 is 11.3 Å². The van der Waals surface area contributed by atoms with E-state index in [2.05, 4.69) is 60.9 Å². The lowest BCUT2D eigenvalue weighted by Crippen LogP contribution is -2.21. The van der Waals surface area contributed by atoms with Crippen molar-refractivity contribution in [2.75, 3.05) is 6.54 Å². The largest absolute Gasteiger partial charge is 0.310 e. The Morgan fingerprint density at radius 1 is 1.18 bits per heavy atom. The minimum Gasteiger partial charge on any atom is -0.310 e. The zero-order valence-electron chi connectivity index (χ0n) is 10.4. The van der Waals surface area contributed by atoms with E-state index in [1.807, 2.05) is 11.3 Å². The number of hydrogen-bond donors (Lipinski definition) is 1. The van der Waals surface area contributed by atoms with Crippen molar-refractivity contribution in [2.45, 2.75) is 26.3 Å². The number of aryl methyl sites for hydroxylation is 1. The van der Waals surface area contributed by atoms with Crippen LogP contribution in [0.2, 0.25) is 0 Å². The van der Waals surface area contributed by atoms with Crippen LogP contribution in [0.25, 0.3) is 0 Å². The van der Waals surface area contributed by atoms with Crippen LogP contribution >= 0.6 is 11.3 Å². The molecule has 0 amide bonds. The lowest BCUT2D eigenvalue weighted by atomic mass is 10.1. The van der Waals surface area contributed by atoms with Crippen molar-refractivity contribution in [1.82, 2.24) is 5.32 Å². The van der Waals surface area contributed by atoms with Gasteiger partial charge in [0.2, 0.25) is 0 Å². The molecule has 1 nitrogen and oxygen atoms in total. The van der Waals surface area contributed by atoms with Crippen molar-refractivity contribution in [3.8, 4) is 0 Å². The molecular formula is C15H19NS. The van der Waals surface area contributed by atoms with Gasteiger partial charge in [0.1, 0.15) is 0 Å². The number of benzene rings is 1. The zero-order chi connectivity index (χ0) is 12.1. The van der Waals surface area contributed by atoms with Crippen molar-refractivity contribution in [2.24, 2.45) is 0 Å². The first-order valence-electron chi connectivity index (χ1n) is 6.08. The van der Waals surface area contributed by atoms with Crippen LogP contribution in [0.5, 0.6) is 0 Å². The molecule has 1 N–H and O–H groups in total. The van der Waals surface area contributed by atoms with Gasteiger partial charge >= 0.3 is 0 Å². The number of thiophene rings is 1. The lowest BCUT2D eigenvalue weighted by Gasteiger charge is -2.14. The fourth-order valence-electron chi connectivity index (χ4n) is 1.84. The van der Waals surface area contributed by atoms with Crippen LogP contribution in [0.4, 0.5) is 0 Å². The minimum absolute atomic E-state index is 0.426. The van der Waals surface area contributed by atoms with E-state index in [1.54, 1.807) is 0 Å². The van der Waals surface area contributed by atoms with E-state index in [9.17, 15) is 0 Å². The normalized spacial score (nSPS) is 12.6. The third-order valence-electron chi connectivity index (χ3n) is 2.98. The predicted octanol–water partition coefficient (Wildman–Crippen LogP) is 3.95. The molecule has 0 bridgehead atoms. The summed E-state index contributed by atoms with van der Waals surface area (Å²) in [5.74, 6) is 0. The topological polar surface area (TPSA) is 12.0 Å². The third kappa shape index (κ3) is 3.69. The van der Waals surface area contributed by atoms with Gasteiger partial charge < -0.3 is 5.32 Å². The van der Waals surface area contributed by atoms with Gasteiger partial charge in [-0.1, -0.05) is 35.9 Å². The molecule has 1 heterocycles. The van der Waals surface area contributed by atoms with E-state index >= 15 is 0 Å². The van der Waals surface area contributed by atoms with E-state index in [4.69, 9.17) is 0 Å². The van der Waals surface area contributed by atoms with Crippen molar-refractivity contribution in [1.29, 1.82) is 0 Å². The van der Waals surface area contributed by atoms with Gasteiger partial charge in [-0.2, -0.15) is 0 Å². The second-order valence-electron chi connectivity index (χ2n) is 4.42. The minimum atomic E-state index is 0.426. The smallest absolute Gasteiger partial charge is 0.0291 e. The maximum Gasteiger partial charge on any atom is 0.0291 e. The van der Waals surface area contributed by atoms with Crippen molar-refractivity contribution < 1.29 is 0 Å². The second kappa shape index (κ2) is 5.99. The van der Waals surface area contributed by atoms with Crippen molar-refractivity contribution in [3.63, 3.8) is 0 Å². The Morgan fingerprint density at radius 2 is 1.94 bits per heavy atom. The summed E-state index contributed by atoms with van der Waals surface area (Å²) in [5, 5.41) is 5.70. The Labute approximate surface area is 108 Å². The average Bonchev–Trinajstić information content (AvgIpc) is 2.83. The average molecular weight is 245 g/mol. The summed E-state index contributed by atoms with van der Waals surface area (Å²) in [7, 11) is 0. The Bertz CT molecular complexity index is 430. The van der Waals surface area contributed by atoms with E-state index in [0.29, 0.717) is 6.04 Å². The van der Waals surface area contributed by atoms with Crippen LogP contribution in [0.1, 0.15) is 29.0 Å². The van der Waals surface area contributed by atoms with E-state index in [1.165, 1.54) is 16.0 Å². The van der Waals surface area contributed by atoms with Gasteiger partial charge in [-0.3, -0.25) is 0 Å². The SMILES string of the molecule is Cc1ccc([C@H](C)NCCc2cccs2)cc1. The summed E-state index contributed by atoms with van der Waals surface area (Å²) >= 11 is 1.83. The molecule has 2 aromatic rings. The fraction of sp³-hybridized carbons (Fsp3) is 0.333. The van der Waals surface area contributed by atoms with Gasteiger partial charge in [-0.15, -0.1) is 11.3 Å². The van der Waals surface area contributed by atoms with Crippen LogP contribution in [0.15, 0.2) is 41.8 Å². The first kappa shape index (κ1) is 12.3. The van der Waals surface area contributed by atoms with Crippen LogP contribution in [-0.4, -0.2) is 6.54 Å². The summed E-state index contributed by atoms with van der Waals surface area (Å²) in [6.45, 7) is 5.38. The molecule has 2 rings (SSSR count). The maximum atomic E-state index is 3.56. The molecule has 0 saturated heterocycles. The quantitative estimate of drug-likeness (QED) is 0.841. The van der Waals surface area contributed by atoms with Gasteiger partial charge in [0.05, 0.1) is 0 Å². The molecule has 1 atom stereocenters. The molecular weight excluding hydrogens is 226 g/mol. The van der Waals surface area contributed by atoms with E-state index in [0.717, 1.165) is 13.0 Å². The predicted molar refractivity (Wildman–Crippen MR) is 75.6 cm³/mol. The first-order valence-corrected chi connectivity index (χ1v) is 6.96. The second-order valence-corrected chi connectivity index (χ2v) is 5.45. The van der Waals surface area contributed by atoms with Crippen molar-refractivity contribution in [3.05, 3.63) is 57.8 Å². The lowest BCUT2D eigenvalue weighted by molar-refractivity contribution is 0.578. The Balaban J connectivity index is 1.81. The Hall–Kier alpha value is -1.12. The van der Waals surface area contributed by atoms with Gasteiger partial charge in [0.15, 0.2) is 0 Å². The molecule has 1 aromatic heterocycles. The van der Waals surface area contributed by atoms with Gasteiger partial charge in [-0.25, -0.2) is 0 Å². The molecule has 0 aliphatic carbocycles. The molecule has 0 radical (unpaired) electrons. The molecule has 17 heavy (non-hydrogen) atoms. The highest BCUT2D eigenvalue weighted by Crippen LogP contribution is 2.13. The zero-order valence-corrected chi connectivity index (χ0v) is 11.3.